The third-order valence-corrected chi connectivity index (χ3v) is 1.47. The van der Waals surface area contributed by atoms with Crippen LogP contribution in [0.4, 0.5) is 0 Å². The Kier molecular flexibility index (Phi) is 2.47. The van der Waals surface area contributed by atoms with E-state index in [4.69, 9.17) is 23.2 Å². The fourth-order valence-electron chi connectivity index (χ4n) is 0.609. The van der Waals surface area contributed by atoms with E-state index < -0.39 is 0 Å². The van der Waals surface area contributed by atoms with Crippen LogP contribution < -0.4 is 0 Å². The van der Waals surface area contributed by atoms with Crippen molar-refractivity contribution >= 4 is 28.8 Å². The van der Waals surface area contributed by atoms with Gasteiger partial charge >= 0.3 is 0 Å². The van der Waals surface area contributed by atoms with E-state index in [1.54, 1.807) is 6.07 Å². The first-order chi connectivity index (χ1) is 5.09. The van der Waals surface area contributed by atoms with Crippen LogP contribution in [0.25, 0.3) is 5.57 Å². The molecule has 0 aliphatic carbocycles. The highest BCUT2D eigenvalue weighted by Crippen LogP contribution is 2.15. The minimum absolute atomic E-state index is 0.149. The Bertz CT molecular complexity index is 276. The Hall–Kier alpha value is -0.600. The third kappa shape index (κ3) is 2.17. The maximum Gasteiger partial charge on any atom is 0.224 e. The molecule has 2 nitrogen and oxygen atoms in total. The Morgan fingerprint density at radius 1 is 1.45 bits per heavy atom. The van der Waals surface area contributed by atoms with Crippen molar-refractivity contribution in [2.24, 2.45) is 0 Å². The zero-order chi connectivity index (χ0) is 8.43. The van der Waals surface area contributed by atoms with E-state index in [-0.39, 0.29) is 5.28 Å². The largest absolute Gasteiger partial charge is 0.224 e. The lowest BCUT2D eigenvalue weighted by molar-refractivity contribution is 1.14. The third-order valence-electron chi connectivity index (χ3n) is 1.10. The molecule has 0 amide bonds. The van der Waals surface area contributed by atoms with E-state index >= 15 is 0 Å². The van der Waals surface area contributed by atoms with Crippen LogP contribution in [0.15, 0.2) is 12.6 Å². The zero-order valence-corrected chi connectivity index (χ0v) is 7.45. The lowest BCUT2D eigenvalue weighted by Gasteiger charge is -1.98. The second-order valence-electron chi connectivity index (χ2n) is 2.13. The maximum absolute atomic E-state index is 5.62. The highest BCUT2D eigenvalue weighted by atomic mass is 35.5. The lowest BCUT2D eigenvalue weighted by atomic mass is 10.2. The van der Waals surface area contributed by atoms with E-state index in [9.17, 15) is 0 Å². The van der Waals surface area contributed by atoms with Crippen LogP contribution in [0.2, 0.25) is 10.4 Å². The molecule has 1 heterocycles. The first-order valence-electron chi connectivity index (χ1n) is 2.95. The Morgan fingerprint density at radius 2 is 2.09 bits per heavy atom. The standard InChI is InChI=1S/C7H6Cl2N2/c1-4(2)5-3-6(8)11-7(9)10-5/h3H,1H2,2H3. The molecular weight excluding hydrogens is 183 g/mol. The molecule has 0 radical (unpaired) electrons. The van der Waals surface area contributed by atoms with E-state index in [0.717, 1.165) is 5.57 Å². The van der Waals surface area contributed by atoms with Crippen molar-refractivity contribution in [3.63, 3.8) is 0 Å². The molecule has 0 atom stereocenters. The molecule has 0 bridgehead atoms. The van der Waals surface area contributed by atoms with Crippen LogP contribution in [-0.2, 0) is 0 Å². The lowest BCUT2D eigenvalue weighted by Crippen LogP contribution is -1.89. The average molecular weight is 189 g/mol. The van der Waals surface area contributed by atoms with Crippen molar-refractivity contribution in [3.8, 4) is 0 Å². The van der Waals surface area contributed by atoms with Gasteiger partial charge in [-0.05, 0) is 24.1 Å². The van der Waals surface area contributed by atoms with Crippen molar-refractivity contribution in [3.05, 3.63) is 28.8 Å². The number of aromatic nitrogens is 2. The molecule has 0 spiro atoms. The van der Waals surface area contributed by atoms with E-state index in [1.807, 2.05) is 6.92 Å². The number of allylic oxidation sites excluding steroid dienone is 1. The quantitative estimate of drug-likeness (QED) is 0.501. The van der Waals surface area contributed by atoms with Gasteiger partial charge in [-0.2, -0.15) is 0 Å². The predicted molar refractivity (Wildman–Crippen MR) is 46.8 cm³/mol. The minimum atomic E-state index is 0.149. The van der Waals surface area contributed by atoms with Gasteiger partial charge in [0.05, 0.1) is 5.69 Å². The van der Waals surface area contributed by atoms with Gasteiger partial charge < -0.3 is 0 Å². The first kappa shape index (κ1) is 8.50. The van der Waals surface area contributed by atoms with Crippen molar-refractivity contribution in [1.29, 1.82) is 0 Å². The molecule has 11 heavy (non-hydrogen) atoms. The molecule has 0 saturated carbocycles. The van der Waals surface area contributed by atoms with Gasteiger partial charge in [0.2, 0.25) is 5.28 Å². The second-order valence-corrected chi connectivity index (χ2v) is 2.85. The first-order valence-corrected chi connectivity index (χ1v) is 3.71. The fourth-order valence-corrected chi connectivity index (χ4v) is 1.02. The number of rotatable bonds is 1. The van der Waals surface area contributed by atoms with E-state index in [0.29, 0.717) is 10.8 Å². The van der Waals surface area contributed by atoms with Gasteiger partial charge in [-0.15, -0.1) is 0 Å². The minimum Gasteiger partial charge on any atom is -0.218 e. The van der Waals surface area contributed by atoms with E-state index in [2.05, 4.69) is 16.5 Å². The van der Waals surface area contributed by atoms with Gasteiger partial charge in [-0.25, -0.2) is 9.97 Å². The van der Waals surface area contributed by atoms with Gasteiger partial charge in [0.1, 0.15) is 5.15 Å². The number of nitrogens with zero attached hydrogens (tertiary/aromatic N) is 2. The van der Waals surface area contributed by atoms with Crippen LogP contribution in [0.3, 0.4) is 0 Å². The summed E-state index contributed by atoms with van der Waals surface area (Å²) in [5.41, 5.74) is 1.49. The Balaban J connectivity index is 3.19. The molecule has 4 heteroatoms. The van der Waals surface area contributed by atoms with Crippen molar-refractivity contribution in [2.45, 2.75) is 6.92 Å². The van der Waals surface area contributed by atoms with Gasteiger partial charge in [0.25, 0.3) is 0 Å². The molecule has 0 N–H and O–H groups in total. The molecule has 1 aromatic heterocycles. The van der Waals surface area contributed by atoms with Crippen LogP contribution in [-0.4, -0.2) is 9.97 Å². The smallest absolute Gasteiger partial charge is 0.218 e. The zero-order valence-electron chi connectivity index (χ0n) is 5.93. The number of hydrogen-bond donors (Lipinski definition) is 0. The summed E-state index contributed by atoms with van der Waals surface area (Å²) in [5, 5.41) is 0.485. The summed E-state index contributed by atoms with van der Waals surface area (Å²) in [6.07, 6.45) is 0. The number of halogens is 2. The van der Waals surface area contributed by atoms with Gasteiger partial charge in [0, 0.05) is 6.07 Å². The Morgan fingerprint density at radius 3 is 2.55 bits per heavy atom. The molecule has 1 aromatic rings. The molecule has 0 unspecified atom stereocenters. The molecule has 1 rings (SSSR count). The summed E-state index contributed by atoms with van der Waals surface area (Å²) in [7, 11) is 0. The predicted octanol–water partition coefficient (Wildman–Crippen LogP) is 2.82. The fraction of sp³-hybridized carbons (Fsp3) is 0.143. The molecular formula is C7H6Cl2N2. The highest BCUT2D eigenvalue weighted by molar-refractivity contribution is 6.31. The maximum atomic E-state index is 5.62. The van der Waals surface area contributed by atoms with Crippen molar-refractivity contribution in [1.82, 2.24) is 9.97 Å². The van der Waals surface area contributed by atoms with Gasteiger partial charge in [-0.3, -0.25) is 0 Å². The molecule has 0 aliphatic heterocycles. The molecule has 58 valence electrons. The molecule has 0 saturated heterocycles. The Labute approximate surface area is 74.9 Å². The highest BCUT2D eigenvalue weighted by Gasteiger charge is 2.00. The van der Waals surface area contributed by atoms with Crippen LogP contribution in [0.5, 0.6) is 0 Å². The van der Waals surface area contributed by atoms with Crippen LogP contribution in [0, 0.1) is 0 Å². The summed E-state index contributed by atoms with van der Waals surface area (Å²) in [4.78, 5) is 7.60. The normalized spacial score (nSPS) is 9.73. The van der Waals surface area contributed by atoms with Crippen LogP contribution >= 0.6 is 23.2 Å². The molecule has 0 aliphatic rings. The SMILES string of the molecule is C=C(C)c1cc(Cl)nc(Cl)n1. The van der Waals surface area contributed by atoms with Crippen molar-refractivity contribution in [2.75, 3.05) is 0 Å². The second kappa shape index (κ2) is 3.20. The number of hydrogen-bond acceptors (Lipinski definition) is 2. The monoisotopic (exact) mass is 188 g/mol. The van der Waals surface area contributed by atoms with E-state index in [1.165, 1.54) is 0 Å². The summed E-state index contributed by atoms with van der Waals surface area (Å²) in [6, 6.07) is 1.62. The average Bonchev–Trinajstić information content (AvgIpc) is 1.85. The summed E-state index contributed by atoms with van der Waals surface area (Å²) >= 11 is 11.2. The molecule has 0 fully saturated rings. The summed E-state index contributed by atoms with van der Waals surface area (Å²) in [6.45, 7) is 5.53. The summed E-state index contributed by atoms with van der Waals surface area (Å²) in [5.74, 6) is 0. The van der Waals surface area contributed by atoms with Gasteiger partial charge in [0.15, 0.2) is 0 Å². The van der Waals surface area contributed by atoms with Crippen LogP contribution in [0.1, 0.15) is 12.6 Å². The van der Waals surface area contributed by atoms with Gasteiger partial charge in [-0.1, -0.05) is 18.2 Å². The van der Waals surface area contributed by atoms with Crippen molar-refractivity contribution < 1.29 is 0 Å². The topological polar surface area (TPSA) is 25.8 Å². The molecule has 0 aromatic carbocycles. The summed E-state index contributed by atoms with van der Waals surface area (Å²) < 4.78 is 0.